The molecule has 3 rings (SSSR count). The molecule has 0 fully saturated rings. The Hall–Kier alpha value is -1.92. The quantitative estimate of drug-likeness (QED) is 0.343. The number of nitrogens with one attached hydrogen (secondary N) is 1. The number of carbonyl (C=O) groups excluding carboxylic acids is 1. The fourth-order valence-corrected chi connectivity index (χ4v) is 3.21. The molecule has 2 aromatic carbocycles. The number of benzene rings is 2. The molecule has 0 aliphatic carbocycles. The summed E-state index contributed by atoms with van der Waals surface area (Å²) in [5.74, 6) is -1.13. The highest BCUT2D eigenvalue weighted by atomic mass is 32.2. The molecule has 1 heterocycles. The second-order valence-electron chi connectivity index (χ2n) is 3.64. The zero-order valence-electron chi connectivity index (χ0n) is 8.43. The van der Waals surface area contributed by atoms with Crippen molar-refractivity contribution in [3.8, 4) is 5.75 Å². The van der Waals surface area contributed by atoms with Gasteiger partial charge in [0.1, 0.15) is 10.6 Å². The van der Waals surface area contributed by atoms with E-state index in [0.717, 1.165) is 0 Å². The van der Waals surface area contributed by atoms with E-state index in [4.69, 9.17) is 5.21 Å². The minimum atomic E-state index is -1.34. The van der Waals surface area contributed by atoms with Crippen LogP contribution in [0.5, 0.6) is 5.75 Å². The number of hydrogen-bond acceptors (Lipinski definition) is 4. The Morgan fingerprint density at radius 3 is 2.47 bits per heavy atom. The van der Waals surface area contributed by atoms with Crippen LogP contribution >= 0.6 is 0 Å². The van der Waals surface area contributed by atoms with E-state index in [-0.39, 0.29) is 16.2 Å². The van der Waals surface area contributed by atoms with E-state index in [1.54, 1.807) is 24.3 Å². The molecule has 0 radical (unpaired) electrons. The van der Waals surface area contributed by atoms with Gasteiger partial charge in [-0.2, -0.15) is 0 Å². The lowest BCUT2D eigenvalue weighted by Crippen LogP contribution is -2.19. The summed E-state index contributed by atoms with van der Waals surface area (Å²) in [5, 5.41) is 19.7. The molecule has 86 valence electrons. The fraction of sp³-hybridized carbons (Fsp3) is 0. The number of phenols is 1. The predicted molar refractivity (Wildman–Crippen MR) is 59.5 cm³/mol. The van der Waals surface area contributed by atoms with Gasteiger partial charge in [0.05, 0.1) is 21.3 Å². The van der Waals surface area contributed by atoms with Gasteiger partial charge >= 0.3 is 0 Å². The predicted octanol–water partition coefficient (Wildman–Crippen LogP) is 1.14. The van der Waals surface area contributed by atoms with Crippen molar-refractivity contribution >= 4 is 27.5 Å². The zero-order valence-corrected chi connectivity index (χ0v) is 9.25. The van der Waals surface area contributed by atoms with Crippen molar-refractivity contribution < 1.29 is 19.3 Å². The van der Waals surface area contributed by atoms with Crippen molar-refractivity contribution in [3.05, 3.63) is 29.8 Å². The van der Waals surface area contributed by atoms with Gasteiger partial charge in [0.25, 0.3) is 5.91 Å². The van der Waals surface area contributed by atoms with Gasteiger partial charge in [0, 0.05) is 5.39 Å². The minimum absolute atomic E-state index is 0.0484. The third kappa shape index (κ3) is 1.22. The van der Waals surface area contributed by atoms with Crippen molar-refractivity contribution in [1.82, 2.24) is 5.48 Å². The molecule has 0 bridgehead atoms. The van der Waals surface area contributed by atoms with Crippen LogP contribution in [0.2, 0.25) is 0 Å². The summed E-state index contributed by atoms with van der Waals surface area (Å²) in [6, 6.07) is 6.82. The first kappa shape index (κ1) is 10.2. The molecule has 5 nitrogen and oxygen atoms in total. The Balaban J connectivity index is 2.47. The van der Waals surface area contributed by atoms with E-state index in [9.17, 15) is 14.1 Å². The van der Waals surface area contributed by atoms with Crippen LogP contribution in [0.3, 0.4) is 0 Å². The molecule has 1 atom stereocenters. The monoisotopic (exact) mass is 249 g/mol. The van der Waals surface area contributed by atoms with Crippen LogP contribution in [-0.2, 0) is 10.8 Å². The zero-order chi connectivity index (χ0) is 12.2. The van der Waals surface area contributed by atoms with Gasteiger partial charge in [-0.25, -0.2) is 9.69 Å². The summed E-state index contributed by atoms with van der Waals surface area (Å²) in [4.78, 5) is 12.4. The number of hydrogen-bond donors (Lipinski definition) is 3. The third-order valence-corrected chi connectivity index (χ3v) is 4.12. The lowest BCUT2D eigenvalue weighted by Gasteiger charge is -2.05. The van der Waals surface area contributed by atoms with Crippen molar-refractivity contribution in [2.45, 2.75) is 9.79 Å². The molecule has 1 aliphatic rings. The Labute approximate surface area is 98.1 Å². The van der Waals surface area contributed by atoms with Crippen LogP contribution < -0.4 is 5.48 Å². The van der Waals surface area contributed by atoms with Crippen molar-refractivity contribution in [2.75, 3.05) is 0 Å². The van der Waals surface area contributed by atoms with Crippen LogP contribution in [0.1, 0.15) is 10.4 Å². The molecular formula is C11H7NO4S. The van der Waals surface area contributed by atoms with Crippen molar-refractivity contribution in [1.29, 1.82) is 0 Å². The van der Waals surface area contributed by atoms with Crippen LogP contribution in [0, 0.1) is 0 Å². The van der Waals surface area contributed by atoms with Gasteiger partial charge < -0.3 is 5.11 Å². The van der Waals surface area contributed by atoms with Crippen molar-refractivity contribution in [2.24, 2.45) is 0 Å². The molecule has 0 saturated carbocycles. The van der Waals surface area contributed by atoms with Gasteiger partial charge in [0.2, 0.25) is 0 Å². The molecule has 0 aromatic heterocycles. The van der Waals surface area contributed by atoms with Gasteiger partial charge in [-0.15, -0.1) is 0 Å². The van der Waals surface area contributed by atoms with E-state index in [1.807, 2.05) is 0 Å². The third-order valence-electron chi connectivity index (χ3n) is 2.76. The summed E-state index contributed by atoms with van der Waals surface area (Å²) >= 11 is 0. The Kier molecular flexibility index (Phi) is 1.98. The summed E-state index contributed by atoms with van der Waals surface area (Å²) in [5.41, 5.74) is 1.43. The maximum atomic E-state index is 11.6. The number of rotatable bonds is 1. The molecular weight excluding hydrogens is 242 g/mol. The second kappa shape index (κ2) is 3.28. The van der Waals surface area contributed by atoms with Gasteiger partial charge in [-0.1, -0.05) is 24.3 Å². The molecule has 0 spiro atoms. The second-order valence-corrected chi connectivity index (χ2v) is 4.99. The Morgan fingerprint density at radius 1 is 1.18 bits per heavy atom. The van der Waals surface area contributed by atoms with Crippen LogP contribution in [-0.4, -0.2) is 20.4 Å². The van der Waals surface area contributed by atoms with Crippen LogP contribution in [0.15, 0.2) is 34.1 Å². The maximum absolute atomic E-state index is 11.6. The van der Waals surface area contributed by atoms with Crippen molar-refractivity contribution in [3.63, 3.8) is 0 Å². The highest BCUT2D eigenvalue weighted by Gasteiger charge is 2.39. The smallest absolute Gasteiger partial charge is 0.279 e. The van der Waals surface area contributed by atoms with E-state index < -0.39 is 16.7 Å². The lowest BCUT2D eigenvalue weighted by atomic mass is 10.0. The molecule has 17 heavy (non-hydrogen) atoms. The minimum Gasteiger partial charge on any atom is -0.506 e. The average molecular weight is 249 g/mol. The number of hydroxylamine groups is 1. The summed E-state index contributed by atoms with van der Waals surface area (Å²) < 4.78 is 11.6. The average Bonchev–Trinajstić information content (AvgIpc) is 3.02. The van der Waals surface area contributed by atoms with Crippen LogP contribution in [0.4, 0.5) is 0 Å². The standard InChI is InChI=1S/C11H7NO4S/c13-8-7(11(14)12-15)5-3-1-2-4-6(5)9-10(8)17(9)16/h1-4,13,15H,(H,12,14). The molecule has 6 heteroatoms. The van der Waals surface area contributed by atoms with Gasteiger partial charge in [-0.05, 0) is 5.39 Å². The topological polar surface area (TPSA) is 86.6 Å². The summed E-state index contributed by atoms with van der Waals surface area (Å²) in [6.45, 7) is 0. The highest BCUT2D eigenvalue weighted by Crippen LogP contribution is 2.50. The lowest BCUT2D eigenvalue weighted by molar-refractivity contribution is 0.0705. The van der Waals surface area contributed by atoms with E-state index >= 15 is 0 Å². The normalized spacial score (nSPS) is 16.6. The summed E-state index contributed by atoms with van der Waals surface area (Å²) in [6.07, 6.45) is 0. The molecule has 0 saturated heterocycles. The Bertz CT molecular complexity index is 695. The van der Waals surface area contributed by atoms with Crippen LogP contribution in [0.25, 0.3) is 10.8 Å². The van der Waals surface area contributed by atoms with Gasteiger partial charge in [0.15, 0.2) is 0 Å². The first-order chi connectivity index (χ1) is 8.16. The largest absolute Gasteiger partial charge is 0.506 e. The first-order valence-electron chi connectivity index (χ1n) is 4.80. The van der Waals surface area contributed by atoms with E-state index in [1.165, 1.54) is 5.48 Å². The number of phenolic OH excluding ortho intramolecular Hbond substituents is 1. The molecule has 2 aromatic rings. The molecule has 1 unspecified atom stereocenters. The van der Waals surface area contributed by atoms with E-state index in [0.29, 0.717) is 15.7 Å². The number of carbonyl (C=O) groups is 1. The van der Waals surface area contributed by atoms with E-state index in [2.05, 4.69) is 0 Å². The Morgan fingerprint density at radius 2 is 1.82 bits per heavy atom. The SMILES string of the molecule is O=C(NO)c1c(O)c2c(c3ccccc13)S2=O. The maximum Gasteiger partial charge on any atom is 0.279 e. The number of aromatic hydroxyl groups is 1. The molecule has 1 aliphatic heterocycles. The highest BCUT2D eigenvalue weighted by molar-refractivity contribution is 7.91. The molecule has 3 N–H and O–H groups in total. The van der Waals surface area contributed by atoms with Gasteiger partial charge in [-0.3, -0.25) is 10.0 Å². The first-order valence-corrected chi connectivity index (χ1v) is 5.95. The fourth-order valence-electron chi connectivity index (χ4n) is 1.98. The number of amides is 1. The number of fused-ring (bicyclic) bond motifs is 3. The molecule has 1 amide bonds. The summed E-state index contributed by atoms with van der Waals surface area (Å²) in [7, 11) is -1.34.